The van der Waals surface area contributed by atoms with E-state index in [0.717, 1.165) is 25.2 Å². The zero-order valence-corrected chi connectivity index (χ0v) is 19.1. The number of H-pyrrole nitrogens is 1. The fourth-order valence-electron chi connectivity index (χ4n) is 4.15. The average molecular weight is 491 g/mol. The van der Waals surface area contributed by atoms with Gasteiger partial charge < -0.3 is 20.3 Å². The highest BCUT2D eigenvalue weighted by Crippen LogP contribution is 2.27. The Morgan fingerprint density at radius 3 is 2.73 bits per heavy atom. The van der Waals surface area contributed by atoms with E-state index in [0.29, 0.717) is 28.9 Å². The van der Waals surface area contributed by atoms with E-state index in [4.69, 9.17) is 21.5 Å². The van der Waals surface area contributed by atoms with E-state index in [1.807, 2.05) is 18.2 Å². The number of amides is 1. The van der Waals surface area contributed by atoms with Crippen LogP contribution in [-0.4, -0.2) is 50.0 Å². The molecule has 3 aromatic rings. The van der Waals surface area contributed by atoms with E-state index in [-0.39, 0.29) is 17.4 Å². The predicted octanol–water partition coefficient (Wildman–Crippen LogP) is 2.25. The van der Waals surface area contributed by atoms with Gasteiger partial charge in [0.05, 0.1) is 0 Å². The molecule has 1 saturated heterocycles. The molecule has 174 valence electrons. The summed E-state index contributed by atoms with van der Waals surface area (Å²) in [6.07, 6.45) is 1.34. The molecule has 2 aliphatic rings. The number of anilines is 1. The average Bonchev–Trinajstić information content (AvgIpc) is 3.38. The third kappa shape index (κ3) is 4.88. The van der Waals surface area contributed by atoms with Crippen LogP contribution in [0.25, 0.3) is 10.9 Å². The van der Waals surface area contributed by atoms with Crippen LogP contribution in [0.4, 0.5) is 5.69 Å². The number of aromatic nitrogens is 1. The van der Waals surface area contributed by atoms with Gasteiger partial charge in [-0.05, 0) is 66.9 Å². The molecular formula is C22H23ClN4O5S. The molecule has 1 fully saturated rings. The summed E-state index contributed by atoms with van der Waals surface area (Å²) in [5, 5.41) is 11.5. The first-order valence-corrected chi connectivity index (χ1v) is 12.2. The number of hydrogen-bond acceptors (Lipinski definition) is 5. The van der Waals surface area contributed by atoms with E-state index in [9.17, 15) is 13.2 Å². The summed E-state index contributed by atoms with van der Waals surface area (Å²) in [7, 11) is -3.88. The van der Waals surface area contributed by atoms with E-state index < -0.39 is 16.1 Å². The van der Waals surface area contributed by atoms with Crippen LogP contribution in [0.3, 0.4) is 0 Å². The molecule has 0 spiro atoms. The Kier molecular flexibility index (Phi) is 6.71. The summed E-state index contributed by atoms with van der Waals surface area (Å²) >= 11 is 5.98. The molecule has 4 N–H and O–H groups in total. The van der Waals surface area contributed by atoms with Gasteiger partial charge in [0.15, 0.2) is 0 Å². The molecule has 2 aliphatic heterocycles. The largest absolute Gasteiger partial charge is 0.483 e. The van der Waals surface area contributed by atoms with Gasteiger partial charge in [0.1, 0.15) is 11.1 Å². The molecule has 1 atom stereocenters. The molecule has 0 saturated carbocycles. The second-order valence-corrected chi connectivity index (χ2v) is 9.92. The Morgan fingerprint density at radius 2 is 1.94 bits per heavy atom. The van der Waals surface area contributed by atoms with Gasteiger partial charge in [-0.1, -0.05) is 17.7 Å². The van der Waals surface area contributed by atoms with Crippen LogP contribution in [-0.2, 0) is 32.6 Å². The minimum atomic E-state index is -3.88. The minimum Gasteiger partial charge on any atom is -0.483 e. The molecule has 11 heteroatoms. The lowest BCUT2D eigenvalue weighted by molar-refractivity contribution is -0.123. The number of rotatable bonds is 4. The molecule has 0 aliphatic carbocycles. The van der Waals surface area contributed by atoms with Crippen LogP contribution in [0, 0.1) is 0 Å². The van der Waals surface area contributed by atoms with Crippen LogP contribution >= 0.6 is 11.6 Å². The summed E-state index contributed by atoms with van der Waals surface area (Å²) < 4.78 is 28.3. The Hall–Kier alpha value is -2.92. The fraction of sp³-hybridized carbons (Fsp3) is 0.273. The van der Waals surface area contributed by atoms with Crippen molar-refractivity contribution in [2.24, 2.45) is 0 Å². The highest BCUT2D eigenvalue weighted by atomic mass is 35.5. The van der Waals surface area contributed by atoms with Gasteiger partial charge in [0.2, 0.25) is 5.91 Å². The lowest BCUT2D eigenvalue weighted by Gasteiger charge is -2.22. The van der Waals surface area contributed by atoms with Crippen LogP contribution < -0.4 is 14.9 Å². The number of halogens is 1. The van der Waals surface area contributed by atoms with Crippen molar-refractivity contribution in [2.45, 2.75) is 30.5 Å². The maximum Gasteiger partial charge on any atom is 0.290 e. The highest BCUT2D eigenvalue weighted by Gasteiger charge is 2.36. The number of sulfonamides is 1. The van der Waals surface area contributed by atoms with Crippen molar-refractivity contribution in [3.63, 3.8) is 0 Å². The van der Waals surface area contributed by atoms with Crippen LogP contribution in [0.2, 0.25) is 5.02 Å². The zero-order chi connectivity index (χ0) is 23.6. The van der Waals surface area contributed by atoms with E-state index >= 15 is 0 Å². The monoisotopic (exact) mass is 490 g/mol. The number of aromatic amines is 1. The first-order chi connectivity index (χ1) is 15.8. The maximum absolute atomic E-state index is 13.0. The van der Waals surface area contributed by atoms with Gasteiger partial charge in [-0.15, -0.1) is 0 Å². The second-order valence-electron chi connectivity index (χ2n) is 7.80. The maximum atomic E-state index is 13.0. The van der Waals surface area contributed by atoms with Crippen molar-refractivity contribution in [3.8, 4) is 0 Å². The van der Waals surface area contributed by atoms with Crippen molar-refractivity contribution >= 4 is 50.6 Å². The zero-order valence-electron chi connectivity index (χ0n) is 17.5. The Morgan fingerprint density at radius 1 is 1.15 bits per heavy atom. The van der Waals surface area contributed by atoms with Gasteiger partial charge in [0, 0.05) is 34.7 Å². The number of carbonyl (C=O) groups excluding carboxylic acids is 1. The molecule has 9 nitrogen and oxygen atoms in total. The Bertz CT molecular complexity index is 1310. The van der Waals surface area contributed by atoms with Gasteiger partial charge >= 0.3 is 0 Å². The summed E-state index contributed by atoms with van der Waals surface area (Å²) in [6, 6.07) is 11.9. The number of carboxylic acid groups (broad SMARTS) is 1. The van der Waals surface area contributed by atoms with Crippen molar-refractivity contribution < 1.29 is 23.1 Å². The molecule has 5 rings (SSSR count). The molecule has 3 heterocycles. The molecule has 1 amide bonds. The van der Waals surface area contributed by atoms with Crippen LogP contribution in [0.15, 0.2) is 47.5 Å². The summed E-state index contributed by atoms with van der Waals surface area (Å²) in [6.45, 7) is 1.98. The number of fused-ring (bicyclic) bond motifs is 2. The van der Waals surface area contributed by atoms with Crippen molar-refractivity contribution in [1.82, 2.24) is 15.0 Å². The topological polar surface area (TPSA) is 132 Å². The molecule has 33 heavy (non-hydrogen) atoms. The SMILES string of the molecule is O=C1[C@@H](NS(=O)(=O)c2cc3cc(Cl)ccc3[nH]2)CCN1c1ccc2c(c1)CCNC2.O=CO. The molecular weight excluding hydrogens is 468 g/mol. The predicted molar refractivity (Wildman–Crippen MR) is 125 cm³/mol. The first-order valence-electron chi connectivity index (χ1n) is 10.3. The lowest BCUT2D eigenvalue weighted by Crippen LogP contribution is -2.41. The lowest BCUT2D eigenvalue weighted by atomic mass is 10.0. The Balaban J connectivity index is 0.000000821. The van der Waals surface area contributed by atoms with Gasteiger partial charge in [-0.3, -0.25) is 9.59 Å². The molecule has 0 bridgehead atoms. The van der Waals surface area contributed by atoms with Gasteiger partial charge in [0.25, 0.3) is 16.5 Å². The molecule has 1 aromatic heterocycles. The van der Waals surface area contributed by atoms with E-state index in [2.05, 4.69) is 15.0 Å². The summed E-state index contributed by atoms with van der Waals surface area (Å²) in [5.74, 6) is -0.230. The Labute approximate surface area is 195 Å². The van der Waals surface area contributed by atoms with Gasteiger partial charge in [-0.2, -0.15) is 4.72 Å². The van der Waals surface area contributed by atoms with Gasteiger partial charge in [-0.25, -0.2) is 8.42 Å². The first kappa shape index (κ1) is 23.2. The van der Waals surface area contributed by atoms with Crippen LogP contribution in [0.5, 0.6) is 0 Å². The molecule has 0 unspecified atom stereocenters. The minimum absolute atomic E-state index is 0.0206. The van der Waals surface area contributed by atoms with Crippen molar-refractivity contribution in [3.05, 3.63) is 58.6 Å². The van der Waals surface area contributed by atoms with Crippen LogP contribution in [0.1, 0.15) is 17.5 Å². The fourth-order valence-corrected chi connectivity index (χ4v) is 5.58. The number of carbonyl (C=O) groups is 2. The third-order valence-corrected chi connectivity index (χ3v) is 7.37. The second kappa shape index (κ2) is 9.52. The number of hydrogen-bond donors (Lipinski definition) is 4. The van der Waals surface area contributed by atoms with E-state index in [1.165, 1.54) is 17.2 Å². The molecule has 2 aromatic carbocycles. The third-order valence-electron chi connectivity index (χ3n) is 5.74. The summed E-state index contributed by atoms with van der Waals surface area (Å²) in [4.78, 5) is 25.9. The van der Waals surface area contributed by atoms with E-state index in [1.54, 1.807) is 23.1 Å². The van der Waals surface area contributed by atoms with Crippen molar-refractivity contribution in [1.29, 1.82) is 0 Å². The number of nitrogens with zero attached hydrogens (tertiary/aromatic N) is 1. The highest BCUT2D eigenvalue weighted by molar-refractivity contribution is 7.89. The number of benzene rings is 2. The number of nitrogens with one attached hydrogen (secondary N) is 3. The summed E-state index contributed by atoms with van der Waals surface area (Å²) in [5.41, 5.74) is 3.97. The standard InChI is InChI=1S/C21H21ClN4O3S.CH2O2/c22-16-2-4-18-15(9-16)11-20(24-18)30(28,29)25-19-6-8-26(21(19)27)17-3-1-14-12-23-7-5-13(14)10-17;2-1-3/h1-4,9-11,19,23-25H,5-8,12H2;1H,(H,2,3)/t19-;/m0./s1. The smallest absolute Gasteiger partial charge is 0.290 e. The normalized spacial score (nSPS) is 18.0. The van der Waals surface area contributed by atoms with Crippen molar-refractivity contribution in [2.75, 3.05) is 18.0 Å². The molecule has 0 radical (unpaired) electrons. The quantitative estimate of drug-likeness (QED) is 0.415.